The second-order valence-electron chi connectivity index (χ2n) is 4.46. The number of hydrogen-bond donors (Lipinski definition) is 2. The lowest BCUT2D eigenvalue weighted by Gasteiger charge is -2.07. The molecule has 4 heteroatoms. The lowest BCUT2D eigenvalue weighted by Crippen LogP contribution is -2.12. The highest BCUT2D eigenvalue weighted by atomic mass is 32.1. The number of rotatable bonds is 2. The van der Waals surface area contributed by atoms with Gasteiger partial charge in [0.15, 0.2) is 0 Å². The van der Waals surface area contributed by atoms with E-state index in [0.717, 1.165) is 22.4 Å². The molecule has 0 aliphatic carbocycles. The molecule has 0 radical (unpaired) electrons. The van der Waals surface area contributed by atoms with E-state index in [0.29, 0.717) is 12.1 Å². The van der Waals surface area contributed by atoms with Gasteiger partial charge in [0, 0.05) is 16.6 Å². The van der Waals surface area contributed by atoms with Crippen molar-refractivity contribution in [3.05, 3.63) is 51.2 Å². The first kappa shape index (κ1) is 14.3. The highest BCUT2D eigenvalue weighted by Crippen LogP contribution is 2.18. The van der Waals surface area contributed by atoms with Crippen LogP contribution in [-0.4, -0.2) is 12.5 Å². The van der Waals surface area contributed by atoms with Crippen LogP contribution in [0.5, 0.6) is 0 Å². The van der Waals surface area contributed by atoms with Gasteiger partial charge in [-0.2, -0.15) is 11.3 Å². The van der Waals surface area contributed by atoms with Crippen LogP contribution in [0, 0.1) is 25.7 Å². The first-order valence-corrected chi connectivity index (χ1v) is 7.20. The standard InChI is InChI=1S/C16H16N2OS/c1-11-5-6-14(8-13(11)4-3-7-17)18-16(19)15-10-20-9-12(15)2/h5-6,8-10H,7,17H2,1-2H3,(H,18,19). The van der Waals surface area contributed by atoms with Gasteiger partial charge < -0.3 is 11.1 Å². The predicted molar refractivity (Wildman–Crippen MR) is 84.1 cm³/mol. The fourth-order valence-electron chi connectivity index (χ4n) is 1.77. The molecule has 102 valence electrons. The first-order valence-electron chi connectivity index (χ1n) is 6.25. The zero-order valence-electron chi connectivity index (χ0n) is 11.5. The minimum absolute atomic E-state index is 0.0923. The van der Waals surface area contributed by atoms with Gasteiger partial charge >= 0.3 is 0 Å². The molecule has 0 fully saturated rings. The van der Waals surface area contributed by atoms with Gasteiger partial charge in [0.1, 0.15) is 0 Å². The fourth-order valence-corrected chi connectivity index (χ4v) is 2.60. The maximum Gasteiger partial charge on any atom is 0.256 e. The lowest BCUT2D eigenvalue weighted by atomic mass is 10.1. The van der Waals surface area contributed by atoms with Crippen LogP contribution in [0.4, 0.5) is 5.69 Å². The molecule has 0 spiro atoms. The van der Waals surface area contributed by atoms with Gasteiger partial charge in [-0.3, -0.25) is 4.79 Å². The van der Waals surface area contributed by atoms with Crippen LogP contribution >= 0.6 is 11.3 Å². The zero-order valence-corrected chi connectivity index (χ0v) is 12.3. The molecule has 2 rings (SSSR count). The van der Waals surface area contributed by atoms with Crippen molar-refractivity contribution in [1.82, 2.24) is 0 Å². The molecular formula is C16H16N2OS. The normalized spacial score (nSPS) is 9.75. The molecule has 20 heavy (non-hydrogen) atoms. The molecule has 0 unspecified atom stereocenters. The first-order chi connectivity index (χ1) is 9.61. The summed E-state index contributed by atoms with van der Waals surface area (Å²) in [6.45, 7) is 4.23. The Bertz CT molecular complexity index is 692. The van der Waals surface area contributed by atoms with Crippen molar-refractivity contribution in [2.24, 2.45) is 5.73 Å². The highest BCUT2D eigenvalue weighted by molar-refractivity contribution is 7.08. The van der Waals surface area contributed by atoms with Crippen LogP contribution in [0.2, 0.25) is 0 Å². The monoisotopic (exact) mass is 284 g/mol. The van der Waals surface area contributed by atoms with Crippen molar-refractivity contribution in [2.45, 2.75) is 13.8 Å². The molecule has 1 aromatic heterocycles. The van der Waals surface area contributed by atoms with Crippen molar-refractivity contribution in [3.63, 3.8) is 0 Å². The molecule has 3 nitrogen and oxygen atoms in total. The lowest BCUT2D eigenvalue weighted by molar-refractivity contribution is 0.102. The van der Waals surface area contributed by atoms with Gasteiger partial charge in [-0.25, -0.2) is 0 Å². The van der Waals surface area contributed by atoms with E-state index in [2.05, 4.69) is 17.2 Å². The number of thiophene rings is 1. The Hall–Kier alpha value is -2.09. The Kier molecular flexibility index (Phi) is 4.57. The summed E-state index contributed by atoms with van der Waals surface area (Å²) in [5.74, 6) is 5.75. The molecule has 1 amide bonds. The van der Waals surface area contributed by atoms with Crippen molar-refractivity contribution < 1.29 is 4.79 Å². The average Bonchev–Trinajstić information content (AvgIpc) is 2.85. The summed E-state index contributed by atoms with van der Waals surface area (Å²) in [7, 11) is 0. The second-order valence-corrected chi connectivity index (χ2v) is 5.20. The zero-order chi connectivity index (χ0) is 14.5. The minimum Gasteiger partial charge on any atom is -0.322 e. The minimum atomic E-state index is -0.0923. The molecule has 0 aliphatic heterocycles. The van der Waals surface area contributed by atoms with E-state index in [9.17, 15) is 4.79 Å². The van der Waals surface area contributed by atoms with Gasteiger partial charge in [-0.15, -0.1) is 0 Å². The number of hydrogen-bond acceptors (Lipinski definition) is 3. The molecule has 0 bridgehead atoms. The molecule has 1 aromatic carbocycles. The van der Waals surface area contributed by atoms with Gasteiger partial charge in [-0.1, -0.05) is 17.9 Å². The van der Waals surface area contributed by atoms with Crippen molar-refractivity contribution in [3.8, 4) is 11.8 Å². The van der Waals surface area contributed by atoms with Crippen LogP contribution in [0.25, 0.3) is 0 Å². The molecule has 1 heterocycles. The number of benzene rings is 1. The summed E-state index contributed by atoms with van der Waals surface area (Å²) in [5, 5.41) is 6.71. The van der Waals surface area contributed by atoms with Crippen LogP contribution in [0.15, 0.2) is 29.0 Å². The molecular weight excluding hydrogens is 268 g/mol. The topological polar surface area (TPSA) is 55.1 Å². The third-order valence-corrected chi connectivity index (χ3v) is 3.78. The Morgan fingerprint density at radius 2 is 2.10 bits per heavy atom. The summed E-state index contributed by atoms with van der Waals surface area (Å²) in [6.07, 6.45) is 0. The quantitative estimate of drug-likeness (QED) is 0.833. The molecule has 3 N–H and O–H groups in total. The van der Waals surface area contributed by atoms with E-state index in [1.807, 2.05) is 42.8 Å². The number of amides is 1. The number of nitrogens with two attached hydrogens (primary N) is 1. The Balaban J connectivity index is 2.22. The summed E-state index contributed by atoms with van der Waals surface area (Å²) in [4.78, 5) is 12.1. The third-order valence-electron chi connectivity index (χ3n) is 2.92. The average molecular weight is 284 g/mol. The molecule has 0 saturated carbocycles. The van der Waals surface area contributed by atoms with Gasteiger partial charge in [0.05, 0.1) is 12.1 Å². The molecule has 0 saturated heterocycles. The van der Waals surface area contributed by atoms with Gasteiger partial charge in [0.2, 0.25) is 0 Å². The van der Waals surface area contributed by atoms with Crippen LogP contribution in [0.1, 0.15) is 27.0 Å². The summed E-state index contributed by atoms with van der Waals surface area (Å²) >= 11 is 1.52. The van der Waals surface area contributed by atoms with Crippen molar-refractivity contribution in [2.75, 3.05) is 11.9 Å². The van der Waals surface area contributed by atoms with Gasteiger partial charge in [0.25, 0.3) is 5.91 Å². The number of carbonyl (C=O) groups is 1. The van der Waals surface area contributed by atoms with E-state index in [1.165, 1.54) is 11.3 Å². The smallest absolute Gasteiger partial charge is 0.256 e. The predicted octanol–water partition coefficient (Wildman–Crippen LogP) is 2.93. The Morgan fingerprint density at radius 3 is 2.75 bits per heavy atom. The van der Waals surface area contributed by atoms with E-state index < -0.39 is 0 Å². The summed E-state index contributed by atoms with van der Waals surface area (Å²) in [5.41, 5.74) is 9.78. The van der Waals surface area contributed by atoms with Crippen LogP contribution in [-0.2, 0) is 0 Å². The van der Waals surface area contributed by atoms with E-state index in [4.69, 9.17) is 5.73 Å². The maximum atomic E-state index is 12.1. The van der Waals surface area contributed by atoms with E-state index in [-0.39, 0.29) is 5.91 Å². The second kappa shape index (κ2) is 6.38. The van der Waals surface area contributed by atoms with Crippen molar-refractivity contribution in [1.29, 1.82) is 0 Å². The Labute approximate surface area is 122 Å². The third kappa shape index (κ3) is 3.27. The maximum absolute atomic E-state index is 12.1. The largest absolute Gasteiger partial charge is 0.322 e. The fraction of sp³-hybridized carbons (Fsp3) is 0.188. The Morgan fingerprint density at radius 1 is 1.30 bits per heavy atom. The summed E-state index contributed by atoms with van der Waals surface area (Å²) < 4.78 is 0. The molecule has 0 aliphatic rings. The molecule has 0 atom stereocenters. The van der Waals surface area contributed by atoms with Gasteiger partial charge in [-0.05, 0) is 42.5 Å². The number of carbonyl (C=O) groups excluding carboxylic acids is 1. The molecule has 2 aromatic rings. The van der Waals surface area contributed by atoms with E-state index >= 15 is 0 Å². The number of nitrogens with one attached hydrogen (secondary N) is 1. The van der Waals surface area contributed by atoms with Crippen LogP contribution in [0.3, 0.4) is 0 Å². The van der Waals surface area contributed by atoms with E-state index in [1.54, 1.807) is 0 Å². The number of anilines is 1. The SMILES string of the molecule is Cc1ccc(NC(=O)c2cscc2C)cc1C#CCN. The van der Waals surface area contributed by atoms with Crippen LogP contribution < -0.4 is 11.1 Å². The number of aryl methyl sites for hydroxylation is 2. The highest BCUT2D eigenvalue weighted by Gasteiger charge is 2.10. The van der Waals surface area contributed by atoms with Crippen molar-refractivity contribution >= 4 is 22.9 Å². The summed E-state index contributed by atoms with van der Waals surface area (Å²) in [6, 6.07) is 5.69.